The van der Waals surface area contributed by atoms with Gasteiger partial charge in [-0.3, -0.25) is 4.79 Å². The van der Waals surface area contributed by atoms with Gasteiger partial charge in [-0.25, -0.2) is 13.4 Å². The third kappa shape index (κ3) is 4.48. The summed E-state index contributed by atoms with van der Waals surface area (Å²) < 4.78 is 27.4. The summed E-state index contributed by atoms with van der Waals surface area (Å²) in [6.45, 7) is 2.53. The number of pyridine rings is 1. The molecule has 0 bridgehead atoms. The molecule has 0 aliphatic carbocycles. The number of anilines is 2. The molecule has 2 aromatic rings. The first-order valence-corrected chi connectivity index (χ1v) is 11.0. The van der Waals surface area contributed by atoms with Crippen LogP contribution < -0.4 is 10.2 Å². The number of nitrogens with zero attached hydrogens (tertiary/aromatic N) is 3. The van der Waals surface area contributed by atoms with Gasteiger partial charge in [0, 0.05) is 32.1 Å². The van der Waals surface area contributed by atoms with Crippen molar-refractivity contribution in [2.45, 2.75) is 24.0 Å². The van der Waals surface area contributed by atoms with Crippen LogP contribution in [0.25, 0.3) is 0 Å². The number of carbonyl (C=O) groups excluding carboxylic acids is 1. The maximum Gasteiger partial charge on any atom is 0.252 e. The number of carbonyl (C=O) groups is 1. The number of thiophene rings is 1. The SMILES string of the molecule is Cc1ccc(S(=O)(=O)N2CCCC(C(=O)Nc3ccc(N(C)C)nc3)C2)s1. The van der Waals surface area contributed by atoms with E-state index in [0.717, 1.165) is 10.7 Å². The molecular formula is C18H24N4O3S2. The minimum atomic E-state index is -3.54. The molecule has 9 heteroatoms. The van der Waals surface area contributed by atoms with Crippen LogP contribution in [-0.2, 0) is 14.8 Å². The predicted octanol–water partition coefficient (Wildman–Crippen LogP) is 2.56. The van der Waals surface area contributed by atoms with Crippen LogP contribution in [0.3, 0.4) is 0 Å². The number of aromatic nitrogens is 1. The van der Waals surface area contributed by atoms with Crippen molar-refractivity contribution in [2.75, 3.05) is 37.4 Å². The van der Waals surface area contributed by atoms with Crippen molar-refractivity contribution in [2.24, 2.45) is 5.92 Å². The van der Waals surface area contributed by atoms with Gasteiger partial charge in [-0.2, -0.15) is 4.31 Å². The van der Waals surface area contributed by atoms with Gasteiger partial charge in [-0.05, 0) is 44.0 Å². The van der Waals surface area contributed by atoms with Crippen LogP contribution >= 0.6 is 11.3 Å². The summed E-state index contributed by atoms with van der Waals surface area (Å²) in [7, 11) is 0.249. The Hall–Kier alpha value is -1.97. The van der Waals surface area contributed by atoms with E-state index in [1.165, 1.54) is 15.6 Å². The van der Waals surface area contributed by atoms with Gasteiger partial charge in [0.1, 0.15) is 10.0 Å². The van der Waals surface area contributed by atoms with Crippen molar-refractivity contribution in [3.8, 4) is 0 Å². The predicted molar refractivity (Wildman–Crippen MR) is 108 cm³/mol. The smallest absolute Gasteiger partial charge is 0.252 e. The summed E-state index contributed by atoms with van der Waals surface area (Å²) in [5.74, 6) is 0.258. The molecule has 0 radical (unpaired) electrons. The molecule has 1 aliphatic rings. The fourth-order valence-corrected chi connectivity index (χ4v) is 5.98. The van der Waals surface area contributed by atoms with E-state index >= 15 is 0 Å². The van der Waals surface area contributed by atoms with Crippen molar-refractivity contribution >= 4 is 38.8 Å². The van der Waals surface area contributed by atoms with Gasteiger partial charge in [0.2, 0.25) is 5.91 Å². The highest BCUT2D eigenvalue weighted by molar-refractivity contribution is 7.91. The molecule has 1 saturated heterocycles. The molecule has 2 aromatic heterocycles. The maximum absolute atomic E-state index is 12.8. The van der Waals surface area contributed by atoms with Gasteiger partial charge < -0.3 is 10.2 Å². The van der Waals surface area contributed by atoms with E-state index in [9.17, 15) is 13.2 Å². The quantitative estimate of drug-likeness (QED) is 0.822. The van der Waals surface area contributed by atoms with Crippen molar-refractivity contribution < 1.29 is 13.2 Å². The van der Waals surface area contributed by atoms with E-state index in [1.807, 2.05) is 32.0 Å². The van der Waals surface area contributed by atoms with Crippen molar-refractivity contribution in [3.63, 3.8) is 0 Å². The molecule has 0 spiro atoms. The van der Waals surface area contributed by atoms with E-state index in [4.69, 9.17) is 0 Å². The number of amides is 1. The molecule has 1 unspecified atom stereocenters. The third-order valence-electron chi connectivity index (χ3n) is 4.54. The Balaban J connectivity index is 1.67. The number of hydrogen-bond donors (Lipinski definition) is 1. The first-order valence-electron chi connectivity index (χ1n) is 8.78. The molecule has 1 N–H and O–H groups in total. The number of nitrogens with one attached hydrogen (secondary N) is 1. The lowest BCUT2D eigenvalue weighted by molar-refractivity contribution is -0.120. The summed E-state index contributed by atoms with van der Waals surface area (Å²) in [5, 5.41) is 2.85. The lowest BCUT2D eigenvalue weighted by Crippen LogP contribution is -2.43. The fraction of sp³-hybridized carbons (Fsp3) is 0.444. The maximum atomic E-state index is 12.8. The van der Waals surface area contributed by atoms with Crippen molar-refractivity contribution in [3.05, 3.63) is 35.3 Å². The highest BCUT2D eigenvalue weighted by atomic mass is 32.2. The number of aryl methyl sites for hydroxylation is 1. The number of sulfonamides is 1. The van der Waals surface area contributed by atoms with Crippen molar-refractivity contribution in [1.29, 1.82) is 0 Å². The summed E-state index contributed by atoms with van der Waals surface area (Å²) in [4.78, 5) is 19.7. The van der Waals surface area contributed by atoms with E-state index in [-0.39, 0.29) is 18.4 Å². The molecule has 3 rings (SSSR count). The first kappa shape index (κ1) is 19.8. The second kappa shape index (κ2) is 7.95. The second-order valence-electron chi connectivity index (χ2n) is 6.86. The van der Waals surface area contributed by atoms with Crippen LogP contribution in [0, 0.1) is 12.8 Å². The Morgan fingerprint density at radius 2 is 2.07 bits per heavy atom. The molecule has 1 fully saturated rings. The van der Waals surface area contributed by atoms with Crippen LogP contribution in [0.15, 0.2) is 34.7 Å². The van der Waals surface area contributed by atoms with Gasteiger partial charge in [0.15, 0.2) is 0 Å². The molecule has 7 nitrogen and oxygen atoms in total. The van der Waals surface area contributed by atoms with Gasteiger partial charge in [-0.1, -0.05) is 0 Å². The van der Waals surface area contributed by atoms with Gasteiger partial charge in [-0.15, -0.1) is 11.3 Å². The lowest BCUT2D eigenvalue weighted by Gasteiger charge is -2.30. The normalized spacial score (nSPS) is 18.3. The Labute approximate surface area is 164 Å². The van der Waals surface area contributed by atoms with E-state index in [1.54, 1.807) is 24.4 Å². The van der Waals surface area contributed by atoms with E-state index in [0.29, 0.717) is 29.3 Å². The highest BCUT2D eigenvalue weighted by Gasteiger charge is 2.34. The monoisotopic (exact) mass is 408 g/mol. The lowest BCUT2D eigenvalue weighted by atomic mass is 9.99. The highest BCUT2D eigenvalue weighted by Crippen LogP contribution is 2.28. The fourth-order valence-electron chi connectivity index (χ4n) is 3.02. The topological polar surface area (TPSA) is 82.6 Å². The minimum Gasteiger partial charge on any atom is -0.363 e. The molecule has 0 aromatic carbocycles. The Morgan fingerprint density at radius 3 is 2.67 bits per heavy atom. The van der Waals surface area contributed by atoms with Crippen LogP contribution in [0.5, 0.6) is 0 Å². The first-order chi connectivity index (χ1) is 12.8. The van der Waals surface area contributed by atoms with Gasteiger partial charge in [0.25, 0.3) is 10.0 Å². The Morgan fingerprint density at radius 1 is 1.30 bits per heavy atom. The van der Waals surface area contributed by atoms with Gasteiger partial charge in [0.05, 0.1) is 17.8 Å². The zero-order valence-corrected chi connectivity index (χ0v) is 17.3. The zero-order valence-electron chi connectivity index (χ0n) is 15.7. The van der Waals surface area contributed by atoms with Crippen LogP contribution in [-0.4, -0.2) is 50.8 Å². The molecular weight excluding hydrogens is 384 g/mol. The minimum absolute atomic E-state index is 0.170. The average Bonchev–Trinajstić information content (AvgIpc) is 3.09. The van der Waals surface area contributed by atoms with Gasteiger partial charge >= 0.3 is 0 Å². The summed E-state index contributed by atoms with van der Waals surface area (Å²) >= 11 is 1.26. The largest absolute Gasteiger partial charge is 0.363 e. The molecule has 1 atom stereocenters. The molecule has 27 heavy (non-hydrogen) atoms. The summed E-state index contributed by atoms with van der Waals surface area (Å²) in [5.41, 5.74) is 0.611. The Bertz CT molecular complexity index is 907. The Kier molecular flexibility index (Phi) is 5.83. The van der Waals surface area contributed by atoms with Crippen LogP contribution in [0.4, 0.5) is 11.5 Å². The van der Waals surface area contributed by atoms with Crippen molar-refractivity contribution in [1.82, 2.24) is 9.29 Å². The molecule has 3 heterocycles. The van der Waals surface area contributed by atoms with Crippen LogP contribution in [0.2, 0.25) is 0 Å². The summed E-state index contributed by atoms with van der Waals surface area (Å²) in [6.07, 6.45) is 2.95. The second-order valence-corrected chi connectivity index (χ2v) is 10.3. The number of hydrogen-bond acceptors (Lipinski definition) is 6. The molecule has 1 aliphatic heterocycles. The molecule has 146 valence electrons. The third-order valence-corrected chi connectivity index (χ3v) is 7.87. The van der Waals surface area contributed by atoms with E-state index < -0.39 is 10.0 Å². The average molecular weight is 409 g/mol. The number of piperidine rings is 1. The van der Waals surface area contributed by atoms with E-state index in [2.05, 4.69) is 10.3 Å². The zero-order chi connectivity index (χ0) is 19.6. The van der Waals surface area contributed by atoms with Crippen LogP contribution in [0.1, 0.15) is 17.7 Å². The number of rotatable bonds is 5. The summed E-state index contributed by atoms with van der Waals surface area (Å²) in [6, 6.07) is 7.06. The standard InChI is InChI=1S/C18H24N4O3S2/c1-13-6-9-17(26-13)27(24,25)22-10-4-5-14(12-22)18(23)20-15-7-8-16(19-11-15)21(2)3/h6-9,11,14H,4-5,10,12H2,1-3H3,(H,20,23). The molecule has 0 saturated carbocycles. The molecule has 1 amide bonds.